The number of carbonyl (C=O) groups excluding carboxylic acids is 1. The molecule has 1 aromatic heterocycles. The van der Waals surface area contributed by atoms with E-state index in [9.17, 15) is 14.7 Å². The maximum absolute atomic E-state index is 13.4. The molecule has 0 saturated heterocycles. The summed E-state index contributed by atoms with van der Waals surface area (Å²) in [5, 5.41) is 14.5. The molecule has 2 aliphatic rings. The maximum Gasteiger partial charge on any atom is 0.343 e. The summed E-state index contributed by atoms with van der Waals surface area (Å²) in [6.07, 6.45) is -0.236. The van der Waals surface area contributed by atoms with E-state index >= 15 is 0 Å². The zero-order valence-electron chi connectivity index (χ0n) is 21.6. The van der Waals surface area contributed by atoms with Gasteiger partial charge in [-0.15, -0.1) is 0 Å². The van der Waals surface area contributed by atoms with E-state index in [1.54, 1.807) is 42.5 Å². The number of methoxy groups -OCH3 is 2. The second kappa shape index (κ2) is 10.3. The lowest BCUT2D eigenvalue weighted by atomic mass is 9.86. The minimum Gasteiger partial charge on any atom is -0.507 e. The third kappa shape index (κ3) is 4.35. The van der Waals surface area contributed by atoms with Gasteiger partial charge in [-0.1, -0.05) is 18.2 Å². The molecule has 0 aliphatic carbocycles. The summed E-state index contributed by atoms with van der Waals surface area (Å²) in [5.74, 6) is 0.713. The highest BCUT2D eigenvalue weighted by molar-refractivity contribution is 5.85. The Balaban J connectivity index is 1.41. The van der Waals surface area contributed by atoms with Crippen LogP contribution in [0.1, 0.15) is 29.0 Å². The minimum absolute atomic E-state index is 0.0600. The van der Waals surface area contributed by atoms with Crippen LogP contribution in [0.25, 0.3) is 11.0 Å². The monoisotopic (exact) mass is 547 g/mol. The maximum atomic E-state index is 13.4. The molecule has 0 fully saturated rings. The van der Waals surface area contributed by atoms with Gasteiger partial charge in [0, 0.05) is 24.4 Å². The van der Waals surface area contributed by atoms with E-state index < -0.39 is 17.5 Å². The number of ether oxygens (including phenoxy) is 6. The summed E-state index contributed by atoms with van der Waals surface area (Å²) in [6, 6.07) is 13.6. The fraction of sp³-hybridized carbons (Fsp3) is 0.241. The van der Waals surface area contributed by atoms with Crippen LogP contribution in [0.3, 0.4) is 0 Å². The quantitative estimate of drug-likeness (QED) is 0.314. The van der Waals surface area contributed by atoms with Crippen LogP contribution in [0.4, 0.5) is 0 Å². The molecule has 0 spiro atoms. The normalized spacial score (nSPS) is 13.8. The predicted molar refractivity (Wildman–Crippen MR) is 141 cm³/mol. The fourth-order valence-electron chi connectivity index (χ4n) is 4.99. The van der Waals surface area contributed by atoms with Crippen LogP contribution < -0.4 is 39.4 Å². The molecular formula is C29H25NO10. The first-order valence-corrected chi connectivity index (χ1v) is 12.4. The first kappa shape index (κ1) is 25.2. The van der Waals surface area contributed by atoms with Crippen LogP contribution in [-0.4, -0.2) is 38.8 Å². The smallest absolute Gasteiger partial charge is 0.343 e. The van der Waals surface area contributed by atoms with Gasteiger partial charge >= 0.3 is 5.63 Å². The molecule has 0 radical (unpaired) electrons. The van der Waals surface area contributed by atoms with Crippen molar-refractivity contribution in [1.29, 1.82) is 0 Å². The summed E-state index contributed by atoms with van der Waals surface area (Å²) < 4.78 is 38.7. The molecule has 6 rings (SSSR count). The average Bonchev–Trinajstić information content (AvgIpc) is 3.64. The largest absolute Gasteiger partial charge is 0.507 e. The summed E-state index contributed by atoms with van der Waals surface area (Å²) in [4.78, 5) is 26.7. The average molecular weight is 548 g/mol. The molecule has 2 aliphatic heterocycles. The van der Waals surface area contributed by atoms with Crippen molar-refractivity contribution < 1.29 is 42.7 Å². The van der Waals surface area contributed by atoms with Crippen molar-refractivity contribution in [3.8, 4) is 40.2 Å². The van der Waals surface area contributed by atoms with Crippen molar-refractivity contribution in [2.45, 2.75) is 18.9 Å². The molecule has 206 valence electrons. The Morgan fingerprint density at radius 2 is 1.75 bits per heavy atom. The molecule has 3 aromatic carbocycles. The third-order valence-electron chi connectivity index (χ3n) is 6.88. The lowest BCUT2D eigenvalue weighted by Gasteiger charge is -2.22. The molecule has 2 N–H and O–H groups in total. The van der Waals surface area contributed by atoms with Crippen molar-refractivity contribution in [2.75, 3.05) is 27.8 Å². The van der Waals surface area contributed by atoms with Crippen LogP contribution in [-0.2, 0) is 11.3 Å². The molecule has 40 heavy (non-hydrogen) atoms. The second-order valence-corrected chi connectivity index (χ2v) is 9.14. The molecule has 0 bridgehead atoms. The lowest BCUT2D eigenvalue weighted by molar-refractivity contribution is -0.121. The number of carbonyl (C=O) groups is 1. The number of aromatic hydroxyl groups is 1. The topological polar surface area (TPSA) is 135 Å². The molecule has 11 heteroatoms. The number of nitrogens with one attached hydrogen (secondary N) is 1. The van der Waals surface area contributed by atoms with Crippen LogP contribution in [0.15, 0.2) is 57.7 Å². The predicted octanol–water partition coefficient (Wildman–Crippen LogP) is 3.81. The van der Waals surface area contributed by atoms with Gasteiger partial charge in [0.2, 0.25) is 31.0 Å². The van der Waals surface area contributed by atoms with Gasteiger partial charge in [0.1, 0.15) is 11.3 Å². The number of amides is 1. The molecule has 1 atom stereocenters. The lowest BCUT2D eigenvalue weighted by Crippen LogP contribution is -2.27. The summed E-state index contributed by atoms with van der Waals surface area (Å²) >= 11 is 0. The number of hydrogen-bond donors (Lipinski definition) is 2. The van der Waals surface area contributed by atoms with E-state index in [-0.39, 0.29) is 54.9 Å². The van der Waals surface area contributed by atoms with Crippen molar-refractivity contribution in [3.63, 3.8) is 0 Å². The number of rotatable bonds is 8. The molecule has 11 nitrogen and oxygen atoms in total. The Labute approximate surface area is 227 Å². The number of para-hydroxylation sites is 1. The zero-order valence-corrected chi connectivity index (χ0v) is 21.6. The summed E-state index contributed by atoms with van der Waals surface area (Å²) in [5.41, 5.74) is 0.499. The van der Waals surface area contributed by atoms with E-state index in [1.807, 2.05) is 6.07 Å². The Bertz CT molecular complexity index is 1680. The highest BCUT2D eigenvalue weighted by Crippen LogP contribution is 2.53. The molecule has 1 amide bonds. The molecule has 4 aromatic rings. The minimum atomic E-state index is -1.00. The van der Waals surface area contributed by atoms with Crippen LogP contribution in [0, 0.1) is 0 Å². The Hall–Kier alpha value is -5.06. The van der Waals surface area contributed by atoms with Crippen LogP contribution in [0.5, 0.6) is 40.2 Å². The van der Waals surface area contributed by atoms with E-state index in [1.165, 1.54) is 14.2 Å². The van der Waals surface area contributed by atoms with Gasteiger partial charge in [0.15, 0.2) is 23.0 Å². The third-order valence-corrected chi connectivity index (χ3v) is 6.88. The summed E-state index contributed by atoms with van der Waals surface area (Å²) in [6.45, 7) is 0.281. The van der Waals surface area contributed by atoms with Crippen molar-refractivity contribution >= 4 is 16.9 Å². The van der Waals surface area contributed by atoms with Gasteiger partial charge in [-0.3, -0.25) is 4.79 Å². The van der Waals surface area contributed by atoms with Crippen LogP contribution >= 0.6 is 0 Å². The van der Waals surface area contributed by atoms with Crippen LogP contribution in [0.2, 0.25) is 0 Å². The standard InChI is InChI=1S/C29H25NO10/c1-34-22-10-18(26(35-2)28-27(22)38-14-39-28)17(24-25(32)16-5-3-4-6-19(16)40-29(24)33)11-23(31)30-12-15-7-8-20-21(9-15)37-13-36-20/h3-10,17,32H,11-14H2,1-2H3,(H,30,31)/t17-/m0/s1. The fourth-order valence-corrected chi connectivity index (χ4v) is 4.99. The van der Waals surface area contributed by atoms with Gasteiger partial charge in [0.05, 0.1) is 25.2 Å². The number of fused-ring (bicyclic) bond motifs is 3. The zero-order chi connectivity index (χ0) is 27.8. The SMILES string of the molecule is COc1cc([C@H](CC(=O)NCc2ccc3c(c2)OCO3)c2c(O)c3ccccc3oc2=O)c(OC)c2c1OCO2. The molecule has 0 saturated carbocycles. The summed E-state index contributed by atoms with van der Waals surface area (Å²) in [7, 11) is 2.90. The molecule has 0 unspecified atom stereocenters. The Kier molecular flexibility index (Phi) is 6.47. The number of benzene rings is 3. The van der Waals surface area contributed by atoms with Gasteiger partial charge in [-0.05, 0) is 35.9 Å². The van der Waals surface area contributed by atoms with E-state index in [4.69, 9.17) is 32.8 Å². The Morgan fingerprint density at radius 3 is 2.58 bits per heavy atom. The first-order chi connectivity index (χ1) is 19.5. The van der Waals surface area contributed by atoms with Gasteiger partial charge in [-0.25, -0.2) is 4.79 Å². The first-order valence-electron chi connectivity index (χ1n) is 12.4. The van der Waals surface area contributed by atoms with Crippen molar-refractivity contribution in [1.82, 2.24) is 5.32 Å². The molecule has 3 heterocycles. The molecular weight excluding hydrogens is 522 g/mol. The van der Waals surface area contributed by atoms with Gasteiger partial charge in [0.25, 0.3) is 0 Å². The number of hydrogen-bond acceptors (Lipinski definition) is 10. The van der Waals surface area contributed by atoms with E-state index in [0.717, 1.165) is 5.56 Å². The Morgan fingerprint density at radius 1 is 0.975 bits per heavy atom. The highest BCUT2D eigenvalue weighted by Gasteiger charge is 2.35. The van der Waals surface area contributed by atoms with E-state index in [2.05, 4.69) is 5.32 Å². The van der Waals surface area contributed by atoms with Crippen molar-refractivity contribution in [3.05, 3.63) is 75.6 Å². The van der Waals surface area contributed by atoms with Gasteiger partial charge < -0.3 is 43.3 Å². The van der Waals surface area contributed by atoms with Crippen molar-refractivity contribution in [2.24, 2.45) is 0 Å². The van der Waals surface area contributed by atoms with Gasteiger partial charge in [-0.2, -0.15) is 0 Å². The van der Waals surface area contributed by atoms with E-state index in [0.29, 0.717) is 33.9 Å². The highest BCUT2D eigenvalue weighted by atomic mass is 16.7. The second-order valence-electron chi connectivity index (χ2n) is 9.14.